The van der Waals surface area contributed by atoms with Crippen molar-refractivity contribution in [1.82, 2.24) is 9.55 Å². The van der Waals surface area contributed by atoms with Crippen LogP contribution >= 0.6 is 11.6 Å². The van der Waals surface area contributed by atoms with Crippen LogP contribution in [-0.4, -0.2) is 15.5 Å². The molecule has 2 N–H and O–H groups in total. The van der Waals surface area contributed by atoms with Crippen LogP contribution in [-0.2, 0) is 11.3 Å². The molecule has 0 spiro atoms. The number of aromatic amines is 1. The molecule has 2 aromatic carbocycles. The average molecular weight is 362 g/mol. The Morgan fingerprint density at radius 3 is 2.72 bits per heavy atom. The summed E-state index contributed by atoms with van der Waals surface area (Å²) in [6.45, 7) is 0.0802. The lowest BCUT2D eigenvalue weighted by Crippen LogP contribution is -2.31. The zero-order valence-electron chi connectivity index (χ0n) is 12.9. The molecule has 0 saturated carbocycles. The quantitative estimate of drug-likeness (QED) is 0.749. The molecule has 0 atom stereocenters. The predicted octanol–water partition coefficient (Wildman–Crippen LogP) is 2.51. The molecule has 0 fully saturated rings. The Balaban J connectivity index is 1.78. The summed E-state index contributed by atoms with van der Waals surface area (Å²) in [5.74, 6) is -0.948. The maximum Gasteiger partial charge on any atom is 0.328 e. The average Bonchev–Trinajstić information content (AvgIpc) is 2.58. The molecular weight excluding hydrogens is 349 g/mol. The first-order chi connectivity index (χ1) is 12.0. The van der Waals surface area contributed by atoms with Gasteiger partial charge in [-0.25, -0.2) is 9.18 Å². The summed E-state index contributed by atoms with van der Waals surface area (Å²) in [5, 5.41) is 2.85. The first-order valence-electron chi connectivity index (χ1n) is 7.42. The van der Waals surface area contributed by atoms with Gasteiger partial charge in [-0.05, 0) is 30.3 Å². The number of aromatic nitrogens is 2. The van der Waals surface area contributed by atoms with E-state index in [1.165, 1.54) is 16.7 Å². The number of hydrogen-bond acceptors (Lipinski definition) is 3. The Morgan fingerprint density at radius 1 is 1.20 bits per heavy atom. The fraction of sp³-hybridized carbons (Fsp3) is 0.118. The van der Waals surface area contributed by atoms with E-state index in [9.17, 15) is 18.8 Å². The number of carbonyl (C=O) groups is 1. The molecule has 0 unspecified atom stereocenters. The Hall–Kier alpha value is -2.93. The number of rotatable bonds is 4. The molecule has 0 aliphatic rings. The summed E-state index contributed by atoms with van der Waals surface area (Å²) in [4.78, 5) is 38.1. The molecule has 3 aromatic rings. The lowest BCUT2D eigenvalue weighted by molar-refractivity contribution is -0.116. The SMILES string of the molecule is O=C(CCn1c(=O)[nH]c(=O)c2ccccc21)Nc1ccc(F)c(Cl)c1. The first-order valence-corrected chi connectivity index (χ1v) is 7.80. The van der Waals surface area contributed by atoms with Crippen LogP contribution in [0.5, 0.6) is 0 Å². The smallest absolute Gasteiger partial charge is 0.326 e. The molecule has 8 heteroatoms. The van der Waals surface area contributed by atoms with Gasteiger partial charge in [-0.3, -0.25) is 19.1 Å². The van der Waals surface area contributed by atoms with E-state index >= 15 is 0 Å². The van der Waals surface area contributed by atoms with Crippen molar-refractivity contribution in [2.45, 2.75) is 13.0 Å². The second kappa shape index (κ2) is 6.90. The second-order valence-corrected chi connectivity index (χ2v) is 5.76. The second-order valence-electron chi connectivity index (χ2n) is 5.36. The molecule has 1 aromatic heterocycles. The molecule has 0 aliphatic carbocycles. The number of nitrogens with zero attached hydrogens (tertiary/aromatic N) is 1. The Kier molecular flexibility index (Phi) is 4.67. The number of carbonyl (C=O) groups excluding carboxylic acids is 1. The highest BCUT2D eigenvalue weighted by Crippen LogP contribution is 2.19. The van der Waals surface area contributed by atoms with Crippen LogP contribution in [0, 0.1) is 5.82 Å². The lowest BCUT2D eigenvalue weighted by Gasteiger charge is -2.10. The van der Waals surface area contributed by atoms with Gasteiger partial charge in [0, 0.05) is 18.7 Å². The summed E-state index contributed by atoms with van der Waals surface area (Å²) in [6.07, 6.45) is -0.00899. The summed E-state index contributed by atoms with van der Waals surface area (Å²) < 4.78 is 14.4. The molecule has 1 heterocycles. The van der Waals surface area contributed by atoms with E-state index in [4.69, 9.17) is 11.6 Å². The van der Waals surface area contributed by atoms with Crippen molar-refractivity contribution in [2.75, 3.05) is 5.32 Å². The minimum absolute atomic E-state index is 0.00899. The third-order valence-corrected chi connectivity index (χ3v) is 3.96. The van der Waals surface area contributed by atoms with Gasteiger partial charge in [0.15, 0.2) is 0 Å². The van der Waals surface area contributed by atoms with Crippen LogP contribution in [0.1, 0.15) is 6.42 Å². The zero-order chi connectivity index (χ0) is 18.0. The molecular formula is C17H13ClFN3O3. The highest BCUT2D eigenvalue weighted by atomic mass is 35.5. The van der Waals surface area contributed by atoms with Crippen LogP contribution in [0.2, 0.25) is 5.02 Å². The minimum atomic E-state index is -0.582. The number of nitrogens with one attached hydrogen (secondary N) is 2. The van der Waals surface area contributed by atoms with Gasteiger partial charge in [-0.2, -0.15) is 0 Å². The molecule has 25 heavy (non-hydrogen) atoms. The van der Waals surface area contributed by atoms with E-state index in [1.807, 2.05) is 0 Å². The molecule has 1 amide bonds. The zero-order valence-corrected chi connectivity index (χ0v) is 13.6. The number of hydrogen-bond donors (Lipinski definition) is 2. The predicted molar refractivity (Wildman–Crippen MR) is 93.5 cm³/mol. The van der Waals surface area contributed by atoms with Gasteiger partial charge in [0.2, 0.25) is 5.91 Å². The van der Waals surface area contributed by atoms with Crippen molar-refractivity contribution in [3.8, 4) is 0 Å². The van der Waals surface area contributed by atoms with Crippen molar-refractivity contribution < 1.29 is 9.18 Å². The Morgan fingerprint density at radius 2 is 1.96 bits per heavy atom. The number of anilines is 1. The van der Waals surface area contributed by atoms with Crippen molar-refractivity contribution >= 4 is 34.1 Å². The molecule has 0 aliphatic heterocycles. The van der Waals surface area contributed by atoms with E-state index in [0.29, 0.717) is 16.6 Å². The van der Waals surface area contributed by atoms with Crippen molar-refractivity contribution in [3.63, 3.8) is 0 Å². The fourth-order valence-corrected chi connectivity index (χ4v) is 2.66. The summed E-state index contributed by atoms with van der Waals surface area (Å²) in [7, 11) is 0. The normalized spacial score (nSPS) is 10.8. The monoisotopic (exact) mass is 361 g/mol. The fourth-order valence-electron chi connectivity index (χ4n) is 2.48. The number of H-pyrrole nitrogens is 1. The minimum Gasteiger partial charge on any atom is -0.326 e. The number of halogens is 2. The third-order valence-electron chi connectivity index (χ3n) is 3.67. The summed E-state index contributed by atoms with van der Waals surface area (Å²) in [5.41, 5.74) is -0.243. The van der Waals surface area contributed by atoms with Crippen LogP contribution < -0.4 is 16.6 Å². The number of aryl methyl sites for hydroxylation is 1. The van der Waals surface area contributed by atoms with E-state index in [0.717, 1.165) is 6.07 Å². The molecule has 6 nitrogen and oxygen atoms in total. The Bertz CT molecular complexity index is 1070. The third kappa shape index (κ3) is 3.61. The van der Waals surface area contributed by atoms with E-state index < -0.39 is 17.1 Å². The Labute approximate surface area is 145 Å². The summed E-state index contributed by atoms with van der Waals surface area (Å²) >= 11 is 5.67. The van der Waals surface area contributed by atoms with Crippen molar-refractivity contribution in [3.05, 3.63) is 74.1 Å². The van der Waals surface area contributed by atoms with Crippen LogP contribution in [0.15, 0.2) is 52.1 Å². The lowest BCUT2D eigenvalue weighted by atomic mass is 10.2. The maximum atomic E-state index is 13.1. The molecule has 0 saturated heterocycles. The summed E-state index contributed by atoms with van der Waals surface area (Å²) in [6, 6.07) is 10.5. The largest absolute Gasteiger partial charge is 0.328 e. The van der Waals surface area contributed by atoms with Gasteiger partial charge < -0.3 is 5.32 Å². The highest BCUT2D eigenvalue weighted by Gasteiger charge is 2.10. The van der Waals surface area contributed by atoms with Gasteiger partial charge >= 0.3 is 5.69 Å². The van der Waals surface area contributed by atoms with E-state index in [-0.39, 0.29) is 23.9 Å². The van der Waals surface area contributed by atoms with E-state index in [1.54, 1.807) is 24.3 Å². The first kappa shape index (κ1) is 16.9. The van der Waals surface area contributed by atoms with Gasteiger partial charge in [0.05, 0.1) is 15.9 Å². The number of para-hydroxylation sites is 1. The molecule has 3 rings (SSSR count). The number of fused-ring (bicyclic) bond motifs is 1. The van der Waals surface area contributed by atoms with E-state index in [2.05, 4.69) is 10.3 Å². The standard InChI is InChI=1S/C17H13ClFN3O3/c18-12-9-10(5-6-13(12)19)20-15(23)7-8-22-14-4-2-1-3-11(14)16(24)21-17(22)25/h1-6,9H,7-8H2,(H,20,23)(H,21,24,25). The molecule has 0 bridgehead atoms. The van der Waals surface area contributed by atoms with Gasteiger partial charge in [-0.1, -0.05) is 23.7 Å². The van der Waals surface area contributed by atoms with Gasteiger partial charge in [0.25, 0.3) is 5.56 Å². The number of amides is 1. The maximum absolute atomic E-state index is 13.1. The topological polar surface area (TPSA) is 84.0 Å². The van der Waals surface area contributed by atoms with Crippen LogP contribution in [0.25, 0.3) is 10.9 Å². The van der Waals surface area contributed by atoms with Crippen LogP contribution in [0.3, 0.4) is 0 Å². The molecule has 128 valence electrons. The molecule has 0 radical (unpaired) electrons. The highest BCUT2D eigenvalue weighted by molar-refractivity contribution is 6.31. The number of benzene rings is 2. The van der Waals surface area contributed by atoms with Gasteiger partial charge in [0.1, 0.15) is 5.82 Å². The van der Waals surface area contributed by atoms with Crippen LogP contribution in [0.4, 0.5) is 10.1 Å². The van der Waals surface area contributed by atoms with Crippen molar-refractivity contribution in [1.29, 1.82) is 0 Å². The van der Waals surface area contributed by atoms with Gasteiger partial charge in [-0.15, -0.1) is 0 Å². The van der Waals surface area contributed by atoms with Crippen molar-refractivity contribution in [2.24, 2.45) is 0 Å².